The van der Waals surface area contributed by atoms with Crippen molar-refractivity contribution in [1.29, 1.82) is 0 Å². The third-order valence-corrected chi connectivity index (χ3v) is 3.46. The first-order valence-electron chi connectivity index (χ1n) is 5.94. The molecule has 1 aliphatic rings. The van der Waals surface area contributed by atoms with Crippen LogP contribution in [-0.4, -0.2) is 26.2 Å². The fourth-order valence-electron chi connectivity index (χ4n) is 2.50. The zero-order valence-electron chi connectivity index (χ0n) is 11.4. The second-order valence-electron chi connectivity index (χ2n) is 4.65. The number of carbonyl (C=O) groups is 2. The van der Waals surface area contributed by atoms with Crippen LogP contribution in [0.25, 0.3) is 0 Å². The van der Waals surface area contributed by atoms with Crippen molar-refractivity contribution in [3.8, 4) is 0 Å². The van der Waals surface area contributed by atoms with Gasteiger partial charge in [-0.05, 0) is 32.3 Å². The molecule has 0 saturated carbocycles. The number of hydrogen-bond acceptors (Lipinski definition) is 4. The molecule has 0 amide bonds. The highest BCUT2D eigenvalue weighted by Crippen LogP contribution is 2.40. The summed E-state index contributed by atoms with van der Waals surface area (Å²) in [5.41, 5.74) is 2.82. The van der Waals surface area contributed by atoms with E-state index in [0.29, 0.717) is 0 Å². The number of rotatable bonds is 4. The topological polar surface area (TPSA) is 52.6 Å². The van der Waals surface area contributed by atoms with Crippen LogP contribution in [0.1, 0.15) is 26.7 Å². The maximum atomic E-state index is 11.8. The molecule has 0 fully saturated rings. The summed E-state index contributed by atoms with van der Waals surface area (Å²) < 4.78 is 9.44. The van der Waals surface area contributed by atoms with Gasteiger partial charge in [0.25, 0.3) is 0 Å². The van der Waals surface area contributed by atoms with Gasteiger partial charge < -0.3 is 9.47 Å². The Bertz CT molecular complexity index is 390. The molecule has 0 spiro atoms. The van der Waals surface area contributed by atoms with E-state index in [2.05, 4.69) is 6.58 Å². The van der Waals surface area contributed by atoms with Crippen LogP contribution in [0.5, 0.6) is 0 Å². The molecule has 18 heavy (non-hydrogen) atoms. The number of methoxy groups -OCH3 is 2. The molecule has 1 atom stereocenters. The monoisotopic (exact) mass is 252 g/mol. The second-order valence-corrected chi connectivity index (χ2v) is 4.65. The lowest BCUT2D eigenvalue weighted by atomic mass is 9.85. The molecule has 0 aromatic heterocycles. The molecule has 4 heteroatoms. The van der Waals surface area contributed by atoms with Crippen LogP contribution in [0.4, 0.5) is 0 Å². The predicted octanol–water partition coefficient (Wildman–Crippen LogP) is 2.25. The van der Waals surface area contributed by atoms with Crippen molar-refractivity contribution in [1.82, 2.24) is 0 Å². The Morgan fingerprint density at radius 3 is 2.17 bits per heavy atom. The molecule has 4 nitrogen and oxygen atoms in total. The van der Waals surface area contributed by atoms with Crippen LogP contribution >= 0.6 is 0 Å². The summed E-state index contributed by atoms with van der Waals surface area (Å²) in [6.45, 7) is 7.79. The average Bonchev–Trinajstić information content (AvgIpc) is 2.71. The summed E-state index contributed by atoms with van der Waals surface area (Å²) in [7, 11) is 2.55. The van der Waals surface area contributed by atoms with Crippen molar-refractivity contribution in [3.05, 3.63) is 23.3 Å². The second kappa shape index (κ2) is 5.85. The Labute approximate surface area is 108 Å². The Morgan fingerprint density at radius 1 is 1.28 bits per heavy atom. The van der Waals surface area contributed by atoms with Gasteiger partial charge in [-0.3, -0.25) is 9.59 Å². The van der Waals surface area contributed by atoms with Gasteiger partial charge >= 0.3 is 11.9 Å². The summed E-state index contributed by atoms with van der Waals surface area (Å²) in [5.74, 6) is -2.02. The molecule has 1 aliphatic carbocycles. The van der Waals surface area contributed by atoms with Crippen LogP contribution < -0.4 is 0 Å². The minimum atomic E-state index is -0.954. The van der Waals surface area contributed by atoms with Crippen LogP contribution in [0.15, 0.2) is 23.3 Å². The van der Waals surface area contributed by atoms with Crippen molar-refractivity contribution in [2.45, 2.75) is 26.7 Å². The SMILES string of the molecule is C=C(C)C1CCC(C)=C1C(C(=O)OC)C(=O)OC. The molecule has 0 aromatic rings. The van der Waals surface area contributed by atoms with Crippen molar-refractivity contribution in [3.63, 3.8) is 0 Å². The molecular weight excluding hydrogens is 232 g/mol. The van der Waals surface area contributed by atoms with Crippen molar-refractivity contribution < 1.29 is 19.1 Å². The Balaban J connectivity index is 3.19. The zero-order valence-corrected chi connectivity index (χ0v) is 11.4. The lowest BCUT2D eigenvalue weighted by molar-refractivity contribution is -0.156. The minimum Gasteiger partial charge on any atom is -0.468 e. The number of allylic oxidation sites excluding steroid dienone is 2. The highest BCUT2D eigenvalue weighted by Gasteiger charge is 2.39. The van der Waals surface area contributed by atoms with Gasteiger partial charge in [-0.2, -0.15) is 0 Å². The quantitative estimate of drug-likeness (QED) is 0.437. The molecule has 0 aliphatic heterocycles. The molecule has 0 radical (unpaired) electrons. The molecular formula is C14H20O4. The lowest BCUT2D eigenvalue weighted by Gasteiger charge is -2.21. The number of esters is 2. The summed E-state index contributed by atoms with van der Waals surface area (Å²) in [4.78, 5) is 23.7. The van der Waals surface area contributed by atoms with Gasteiger partial charge in [-0.1, -0.05) is 17.7 Å². The standard InChI is InChI=1S/C14H20O4/c1-8(2)10-7-6-9(3)11(10)12(13(15)17-4)14(16)18-5/h10,12H,1,6-7H2,2-5H3. The first-order chi connectivity index (χ1) is 8.43. The van der Waals surface area contributed by atoms with Gasteiger partial charge in [0.1, 0.15) is 0 Å². The summed E-state index contributed by atoms with van der Waals surface area (Å²) >= 11 is 0. The Hall–Kier alpha value is -1.58. The van der Waals surface area contributed by atoms with Gasteiger partial charge in [0.15, 0.2) is 5.92 Å². The Kier molecular flexibility index (Phi) is 4.70. The van der Waals surface area contributed by atoms with E-state index in [4.69, 9.17) is 9.47 Å². The summed E-state index contributed by atoms with van der Waals surface area (Å²) in [6.07, 6.45) is 1.76. The van der Waals surface area contributed by atoms with Crippen molar-refractivity contribution in [2.24, 2.45) is 11.8 Å². The van der Waals surface area contributed by atoms with Crippen LogP contribution in [0.3, 0.4) is 0 Å². The van der Waals surface area contributed by atoms with Gasteiger partial charge in [-0.25, -0.2) is 0 Å². The lowest BCUT2D eigenvalue weighted by Crippen LogP contribution is -2.30. The van der Waals surface area contributed by atoms with Crippen LogP contribution in [0.2, 0.25) is 0 Å². The Morgan fingerprint density at radius 2 is 1.78 bits per heavy atom. The zero-order chi connectivity index (χ0) is 13.9. The van der Waals surface area contributed by atoms with E-state index in [1.807, 2.05) is 13.8 Å². The van der Waals surface area contributed by atoms with Crippen LogP contribution in [0, 0.1) is 11.8 Å². The first-order valence-corrected chi connectivity index (χ1v) is 5.94. The summed E-state index contributed by atoms with van der Waals surface area (Å²) in [5, 5.41) is 0. The van der Waals surface area contributed by atoms with Crippen molar-refractivity contribution in [2.75, 3.05) is 14.2 Å². The van der Waals surface area contributed by atoms with E-state index in [1.165, 1.54) is 14.2 Å². The third-order valence-electron chi connectivity index (χ3n) is 3.46. The van der Waals surface area contributed by atoms with Gasteiger partial charge in [0.2, 0.25) is 0 Å². The number of carbonyl (C=O) groups excluding carboxylic acids is 2. The minimum absolute atomic E-state index is 0.0631. The molecule has 0 saturated heterocycles. The largest absolute Gasteiger partial charge is 0.468 e. The first kappa shape index (κ1) is 14.5. The maximum absolute atomic E-state index is 11.8. The smallest absolute Gasteiger partial charge is 0.324 e. The highest BCUT2D eigenvalue weighted by molar-refractivity contribution is 5.98. The van der Waals surface area contributed by atoms with E-state index >= 15 is 0 Å². The molecule has 1 rings (SSSR count). The molecule has 0 N–H and O–H groups in total. The molecule has 1 unspecified atom stereocenters. The van der Waals surface area contributed by atoms with Gasteiger partial charge in [-0.15, -0.1) is 0 Å². The number of hydrogen-bond donors (Lipinski definition) is 0. The van der Waals surface area contributed by atoms with E-state index in [-0.39, 0.29) is 5.92 Å². The number of ether oxygens (including phenoxy) is 2. The van der Waals surface area contributed by atoms with Gasteiger partial charge in [0, 0.05) is 5.92 Å². The van der Waals surface area contributed by atoms with E-state index < -0.39 is 17.9 Å². The average molecular weight is 252 g/mol. The summed E-state index contributed by atoms with van der Waals surface area (Å²) in [6, 6.07) is 0. The van der Waals surface area contributed by atoms with E-state index in [1.54, 1.807) is 0 Å². The normalized spacial score (nSPS) is 19.1. The van der Waals surface area contributed by atoms with Gasteiger partial charge in [0.05, 0.1) is 14.2 Å². The van der Waals surface area contributed by atoms with E-state index in [9.17, 15) is 9.59 Å². The molecule has 0 aromatic carbocycles. The van der Waals surface area contributed by atoms with E-state index in [0.717, 1.165) is 29.6 Å². The maximum Gasteiger partial charge on any atom is 0.324 e. The molecule has 100 valence electrons. The fourth-order valence-corrected chi connectivity index (χ4v) is 2.50. The molecule has 0 bridgehead atoms. The highest BCUT2D eigenvalue weighted by atomic mass is 16.5. The third kappa shape index (κ3) is 2.63. The van der Waals surface area contributed by atoms with Crippen molar-refractivity contribution >= 4 is 11.9 Å². The molecule has 0 heterocycles. The van der Waals surface area contributed by atoms with Crippen LogP contribution in [-0.2, 0) is 19.1 Å². The predicted molar refractivity (Wildman–Crippen MR) is 67.8 cm³/mol. The fraction of sp³-hybridized carbons (Fsp3) is 0.571.